The van der Waals surface area contributed by atoms with Crippen LogP contribution in [0, 0.1) is 16.0 Å². The molecule has 0 unspecified atom stereocenters. The van der Waals surface area contributed by atoms with Crippen molar-refractivity contribution >= 4 is 17.5 Å². The third-order valence-corrected chi connectivity index (χ3v) is 2.78. The molecular formula is C13H17N3O4. The Morgan fingerprint density at radius 3 is 2.55 bits per heavy atom. The van der Waals surface area contributed by atoms with Crippen molar-refractivity contribution in [2.45, 2.75) is 26.3 Å². The lowest BCUT2D eigenvalue weighted by Crippen LogP contribution is -2.48. The number of rotatable bonds is 6. The van der Waals surface area contributed by atoms with Gasteiger partial charge in [0.05, 0.1) is 11.3 Å². The second-order valence-electron chi connectivity index (χ2n) is 4.80. The molecule has 0 aliphatic heterocycles. The summed E-state index contributed by atoms with van der Waals surface area (Å²) in [5, 5.41) is 13.2. The van der Waals surface area contributed by atoms with E-state index in [1.807, 2.05) is 0 Å². The number of carbonyl (C=O) groups excluding carboxylic acids is 2. The first-order valence-corrected chi connectivity index (χ1v) is 6.13. The van der Waals surface area contributed by atoms with Crippen LogP contribution < -0.4 is 11.1 Å². The molecule has 0 aliphatic carbocycles. The molecule has 0 aliphatic rings. The molecule has 1 aromatic carbocycles. The largest absolute Gasteiger partial charge is 0.368 e. The van der Waals surface area contributed by atoms with E-state index in [0.29, 0.717) is 5.56 Å². The number of nitro benzene ring substituents is 1. The SMILES string of the molecule is CC(C)[C@@H](NC(=O)Cc1cccc([N+](=O)[O-])c1)C(N)=O. The van der Waals surface area contributed by atoms with Crippen LogP contribution in [0.5, 0.6) is 0 Å². The van der Waals surface area contributed by atoms with Crippen LogP contribution in [0.25, 0.3) is 0 Å². The lowest BCUT2D eigenvalue weighted by Gasteiger charge is -2.18. The van der Waals surface area contributed by atoms with E-state index in [0.717, 1.165) is 0 Å². The number of nitrogens with zero attached hydrogens (tertiary/aromatic N) is 1. The Kier molecular flexibility index (Phi) is 5.19. The third-order valence-electron chi connectivity index (χ3n) is 2.78. The summed E-state index contributed by atoms with van der Waals surface area (Å²) in [7, 11) is 0. The van der Waals surface area contributed by atoms with Gasteiger partial charge < -0.3 is 11.1 Å². The fourth-order valence-electron chi connectivity index (χ4n) is 1.76. The van der Waals surface area contributed by atoms with Crippen LogP contribution in [0.1, 0.15) is 19.4 Å². The van der Waals surface area contributed by atoms with Crippen LogP contribution in [-0.2, 0) is 16.0 Å². The van der Waals surface area contributed by atoms with Crippen molar-refractivity contribution in [1.82, 2.24) is 5.32 Å². The minimum atomic E-state index is -0.749. The summed E-state index contributed by atoms with van der Waals surface area (Å²) >= 11 is 0. The third kappa shape index (κ3) is 4.34. The molecule has 0 fully saturated rings. The van der Waals surface area contributed by atoms with Crippen molar-refractivity contribution in [3.63, 3.8) is 0 Å². The molecule has 0 saturated heterocycles. The zero-order valence-electron chi connectivity index (χ0n) is 11.3. The molecule has 0 spiro atoms. The normalized spacial score (nSPS) is 11.9. The number of nitro groups is 1. The number of primary amides is 1. The van der Waals surface area contributed by atoms with Gasteiger partial charge in [0, 0.05) is 12.1 Å². The van der Waals surface area contributed by atoms with Gasteiger partial charge in [-0.15, -0.1) is 0 Å². The second kappa shape index (κ2) is 6.65. The number of benzene rings is 1. The summed E-state index contributed by atoms with van der Waals surface area (Å²) in [4.78, 5) is 33.1. The molecule has 0 radical (unpaired) electrons. The fourth-order valence-corrected chi connectivity index (χ4v) is 1.76. The average Bonchev–Trinajstić information content (AvgIpc) is 2.35. The minimum Gasteiger partial charge on any atom is -0.368 e. The van der Waals surface area contributed by atoms with Gasteiger partial charge in [-0.1, -0.05) is 26.0 Å². The van der Waals surface area contributed by atoms with E-state index in [-0.39, 0.29) is 18.0 Å². The van der Waals surface area contributed by atoms with Crippen molar-refractivity contribution in [3.8, 4) is 0 Å². The zero-order valence-corrected chi connectivity index (χ0v) is 11.3. The Balaban J connectivity index is 2.73. The summed E-state index contributed by atoms with van der Waals surface area (Å²) in [5.74, 6) is -1.13. The molecule has 0 bridgehead atoms. The highest BCUT2D eigenvalue weighted by Gasteiger charge is 2.21. The molecule has 1 aromatic rings. The molecule has 7 heteroatoms. The molecule has 1 rings (SSSR count). The molecule has 3 N–H and O–H groups in total. The number of nitrogens with two attached hydrogens (primary N) is 1. The summed E-state index contributed by atoms with van der Waals surface area (Å²) in [6.07, 6.45) is -0.0435. The molecule has 1 atom stereocenters. The average molecular weight is 279 g/mol. The fraction of sp³-hybridized carbons (Fsp3) is 0.385. The Labute approximate surface area is 116 Å². The first-order chi connectivity index (χ1) is 9.31. The smallest absolute Gasteiger partial charge is 0.269 e. The summed E-state index contributed by atoms with van der Waals surface area (Å²) < 4.78 is 0. The number of hydrogen-bond acceptors (Lipinski definition) is 4. The van der Waals surface area contributed by atoms with E-state index in [2.05, 4.69) is 5.32 Å². The zero-order chi connectivity index (χ0) is 15.3. The van der Waals surface area contributed by atoms with E-state index in [1.54, 1.807) is 19.9 Å². The first kappa shape index (κ1) is 15.6. The van der Waals surface area contributed by atoms with Gasteiger partial charge >= 0.3 is 0 Å². The van der Waals surface area contributed by atoms with Crippen molar-refractivity contribution in [3.05, 3.63) is 39.9 Å². The van der Waals surface area contributed by atoms with E-state index in [9.17, 15) is 19.7 Å². The topological polar surface area (TPSA) is 115 Å². The second-order valence-corrected chi connectivity index (χ2v) is 4.80. The number of non-ortho nitro benzene ring substituents is 1. The molecular weight excluding hydrogens is 262 g/mol. The van der Waals surface area contributed by atoms with Gasteiger partial charge in [-0.3, -0.25) is 19.7 Å². The molecule has 2 amide bonds. The van der Waals surface area contributed by atoms with Gasteiger partial charge in [0.2, 0.25) is 11.8 Å². The van der Waals surface area contributed by atoms with Crippen LogP contribution in [0.2, 0.25) is 0 Å². The van der Waals surface area contributed by atoms with Gasteiger partial charge in [-0.25, -0.2) is 0 Å². The van der Waals surface area contributed by atoms with Gasteiger partial charge in [0.15, 0.2) is 0 Å². The highest BCUT2D eigenvalue weighted by atomic mass is 16.6. The van der Waals surface area contributed by atoms with Crippen molar-refractivity contribution in [1.29, 1.82) is 0 Å². The van der Waals surface area contributed by atoms with Crippen molar-refractivity contribution in [2.75, 3.05) is 0 Å². The van der Waals surface area contributed by atoms with Crippen LogP contribution in [0.15, 0.2) is 24.3 Å². The maximum atomic E-state index is 11.8. The van der Waals surface area contributed by atoms with Crippen LogP contribution >= 0.6 is 0 Å². The van der Waals surface area contributed by atoms with Crippen LogP contribution in [-0.4, -0.2) is 22.8 Å². The van der Waals surface area contributed by atoms with E-state index in [4.69, 9.17) is 5.73 Å². The monoisotopic (exact) mass is 279 g/mol. The van der Waals surface area contributed by atoms with Gasteiger partial charge in [-0.05, 0) is 11.5 Å². The quantitative estimate of drug-likeness (QED) is 0.590. The Bertz CT molecular complexity index is 528. The van der Waals surface area contributed by atoms with Crippen molar-refractivity contribution in [2.24, 2.45) is 11.7 Å². The lowest BCUT2D eigenvalue weighted by atomic mass is 10.0. The van der Waals surface area contributed by atoms with Crippen molar-refractivity contribution < 1.29 is 14.5 Å². The minimum absolute atomic E-state index is 0.0435. The van der Waals surface area contributed by atoms with Crippen LogP contribution in [0.4, 0.5) is 5.69 Å². The summed E-state index contributed by atoms with van der Waals surface area (Å²) in [6.45, 7) is 3.53. The number of nitrogens with one attached hydrogen (secondary N) is 1. The highest BCUT2D eigenvalue weighted by molar-refractivity contribution is 5.87. The molecule has 20 heavy (non-hydrogen) atoms. The lowest BCUT2D eigenvalue weighted by molar-refractivity contribution is -0.384. The van der Waals surface area contributed by atoms with E-state index in [1.165, 1.54) is 18.2 Å². The Morgan fingerprint density at radius 2 is 2.05 bits per heavy atom. The molecule has 0 heterocycles. The number of carbonyl (C=O) groups is 2. The summed E-state index contributed by atoms with van der Waals surface area (Å²) in [5.41, 5.74) is 5.63. The van der Waals surface area contributed by atoms with Crippen LogP contribution in [0.3, 0.4) is 0 Å². The maximum Gasteiger partial charge on any atom is 0.269 e. The predicted octanol–water partition coefficient (Wildman–Crippen LogP) is 0.763. The number of hydrogen-bond donors (Lipinski definition) is 2. The first-order valence-electron chi connectivity index (χ1n) is 6.13. The highest BCUT2D eigenvalue weighted by Crippen LogP contribution is 2.13. The van der Waals surface area contributed by atoms with E-state index < -0.39 is 22.8 Å². The standard InChI is InChI=1S/C13H17N3O4/c1-8(2)12(13(14)18)15-11(17)7-9-4-3-5-10(6-9)16(19)20/h3-6,8,12H,7H2,1-2H3,(H2,14,18)(H,15,17)/t12-/m1/s1. The molecule has 108 valence electrons. The Morgan fingerprint density at radius 1 is 1.40 bits per heavy atom. The molecule has 7 nitrogen and oxygen atoms in total. The predicted molar refractivity (Wildman–Crippen MR) is 72.8 cm³/mol. The van der Waals surface area contributed by atoms with Gasteiger partial charge in [-0.2, -0.15) is 0 Å². The molecule has 0 aromatic heterocycles. The number of amides is 2. The summed E-state index contributed by atoms with van der Waals surface area (Å²) in [6, 6.07) is 5.05. The van der Waals surface area contributed by atoms with E-state index >= 15 is 0 Å². The molecule has 0 saturated carbocycles. The maximum absolute atomic E-state index is 11.8. The van der Waals surface area contributed by atoms with Gasteiger partial charge in [0.25, 0.3) is 5.69 Å². The Hall–Kier alpha value is -2.44. The van der Waals surface area contributed by atoms with Gasteiger partial charge in [0.1, 0.15) is 6.04 Å².